The molecule has 1 aromatic rings. The van der Waals surface area contributed by atoms with Gasteiger partial charge >= 0.3 is 5.97 Å². The van der Waals surface area contributed by atoms with Gasteiger partial charge in [-0.25, -0.2) is 18.2 Å². The van der Waals surface area contributed by atoms with Crippen LogP contribution in [0.5, 0.6) is 0 Å². The number of nitrogens with two attached hydrogens (primary N) is 1. The molecule has 0 aliphatic rings. The molecule has 1 rings (SSSR count). The van der Waals surface area contributed by atoms with Gasteiger partial charge in [-0.3, -0.25) is 0 Å². The highest BCUT2D eigenvalue weighted by Crippen LogP contribution is 2.16. The van der Waals surface area contributed by atoms with E-state index in [-0.39, 0.29) is 30.3 Å². The third-order valence-corrected chi connectivity index (χ3v) is 3.12. The molecular formula is C11H17N3O4S. The summed E-state index contributed by atoms with van der Waals surface area (Å²) in [4.78, 5) is 15.7. The number of pyridine rings is 1. The Labute approximate surface area is 112 Å². The molecule has 0 bridgehead atoms. The molecule has 0 unspecified atom stereocenters. The Morgan fingerprint density at radius 1 is 1.53 bits per heavy atom. The molecule has 3 N–H and O–H groups in total. The number of esters is 1. The molecule has 0 aliphatic carbocycles. The fourth-order valence-electron chi connectivity index (χ4n) is 1.34. The Morgan fingerprint density at radius 3 is 2.79 bits per heavy atom. The molecule has 0 saturated carbocycles. The molecule has 106 valence electrons. The lowest BCUT2D eigenvalue weighted by molar-refractivity contribution is 0.0527. The van der Waals surface area contributed by atoms with Gasteiger partial charge in [0.05, 0.1) is 24.2 Å². The maximum atomic E-state index is 11.7. The lowest BCUT2D eigenvalue weighted by Gasteiger charge is -2.10. The minimum absolute atomic E-state index is 0.0542. The number of aromatic nitrogens is 1. The number of nitrogens with one attached hydrogen (secondary N) is 1. The van der Waals surface area contributed by atoms with Crippen LogP contribution in [0.15, 0.2) is 12.3 Å². The molecule has 0 amide bonds. The second-order valence-electron chi connectivity index (χ2n) is 3.94. The van der Waals surface area contributed by atoms with Crippen LogP contribution in [0.25, 0.3) is 0 Å². The predicted molar refractivity (Wildman–Crippen MR) is 72.8 cm³/mol. The van der Waals surface area contributed by atoms with Crippen LogP contribution >= 0.6 is 0 Å². The summed E-state index contributed by atoms with van der Waals surface area (Å²) in [6.07, 6.45) is 2.52. The van der Waals surface area contributed by atoms with E-state index in [9.17, 15) is 13.2 Å². The van der Waals surface area contributed by atoms with Crippen molar-refractivity contribution in [1.82, 2.24) is 4.98 Å². The number of hydrogen-bond acceptors (Lipinski definition) is 7. The first-order valence-corrected chi connectivity index (χ1v) is 7.73. The van der Waals surface area contributed by atoms with Crippen LogP contribution in [0.1, 0.15) is 17.3 Å². The highest BCUT2D eigenvalue weighted by atomic mass is 32.2. The lowest BCUT2D eigenvalue weighted by atomic mass is 10.2. The molecule has 0 aromatic carbocycles. The summed E-state index contributed by atoms with van der Waals surface area (Å²) in [5, 5.41) is 2.79. The van der Waals surface area contributed by atoms with Crippen molar-refractivity contribution in [3.05, 3.63) is 17.8 Å². The summed E-state index contributed by atoms with van der Waals surface area (Å²) in [7, 11) is -3.08. The predicted octanol–water partition coefficient (Wildman–Crippen LogP) is 0.297. The molecule has 0 spiro atoms. The van der Waals surface area contributed by atoms with Crippen molar-refractivity contribution in [2.45, 2.75) is 6.92 Å². The second-order valence-corrected chi connectivity index (χ2v) is 6.20. The van der Waals surface area contributed by atoms with E-state index in [2.05, 4.69) is 10.3 Å². The minimum atomic E-state index is -3.08. The van der Waals surface area contributed by atoms with Crippen LogP contribution in [-0.4, -0.2) is 44.5 Å². The first-order valence-electron chi connectivity index (χ1n) is 5.67. The van der Waals surface area contributed by atoms with Gasteiger partial charge < -0.3 is 15.8 Å². The molecular weight excluding hydrogens is 270 g/mol. The summed E-state index contributed by atoms with van der Waals surface area (Å²) in [5.41, 5.74) is 6.09. The van der Waals surface area contributed by atoms with E-state index in [1.807, 2.05) is 0 Å². The van der Waals surface area contributed by atoms with E-state index in [1.54, 1.807) is 6.92 Å². The maximum Gasteiger partial charge on any atom is 0.341 e. The fraction of sp³-hybridized carbons (Fsp3) is 0.455. The minimum Gasteiger partial charge on any atom is -0.462 e. The lowest BCUT2D eigenvalue weighted by Crippen LogP contribution is -2.17. The van der Waals surface area contributed by atoms with Crippen molar-refractivity contribution in [2.24, 2.45) is 0 Å². The van der Waals surface area contributed by atoms with Crippen LogP contribution in [0.4, 0.5) is 11.5 Å². The van der Waals surface area contributed by atoms with Gasteiger partial charge in [-0.05, 0) is 13.0 Å². The largest absolute Gasteiger partial charge is 0.462 e. The van der Waals surface area contributed by atoms with Crippen LogP contribution in [0, 0.1) is 0 Å². The molecule has 8 heteroatoms. The molecule has 0 saturated heterocycles. The molecule has 0 aliphatic heterocycles. The van der Waals surface area contributed by atoms with Crippen LogP contribution < -0.4 is 11.1 Å². The number of ether oxygens (including phenoxy) is 1. The number of sulfone groups is 1. The van der Waals surface area contributed by atoms with E-state index in [4.69, 9.17) is 10.5 Å². The Morgan fingerprint density at radius 2 is 2.21 bits per heavy atom. The molecule has 1 aromatic heterocycles. The SMILES string of the molecule is CCOC(=O)c1cc(N)cnc1NCCS(C)(=O)=O. The summed E-state index contributed by atoms with van der Waals surface area (Å²) >= 11 is 0. The second kappa shape index (κ2) is 6.37. The fourth-order valence-corrected chi connectivity index (χ4v) is 1.81. The normalized spacial score (nSPS) is 11.1. The number of carbonyl (C=O) groups excluding carboxylic acids is 1. The van der Waals surface area contributed by atoms with Crippen LogP contribution in [-0.2, 0) is 14.6 Å². The van der Waals surface area contributed by atoms with Gasteiger partial charge in [-0.2, -0.15) is 0 Å². The quantitative estimate of drug-likeness (QED) is 0.723. The first-order chi connectivity index (χ1) is 8.83. The smallest absolute Gasteiger partial charge is 0.341 e. The van der Waals surface area contributed by atoms with Crippen molar-refractivity contribution < 1.29 is 17.9 Å². The Kier molecular flexibility index (Phi) is 5.11. The number of carbonyl (C=O) groups is 1. The van der Waals surface area contributed by atoms with Crippen molar-refractivity contribution in [2.75, 3.05) is 36.2 Å². The van der Waals surface area contributed by atoms with Crippen molar-refractivity contribution in [1.29, 1.82) is 0 Å². The standard InChI is InChI=1S/C11H17N3O4S/c1-3-18-11(15)9-6-8(12)7-14-10(9)13-4-5-19(2,16)17/h6-7H,3-5,12H2,1-2H3,(H,13,14). The van der Waals surface area contributed by atoms with Crippen LogP contribution in [0.2, 0.25) is 0 Å². The number of anilines is 2. The van der Waals surface area contributed by atoms with Gasteiger partial charge in [0, 0.05) is 12.8 Å². The highest BCUT2D eigenvalue weighted by Gasteiger charge is 2.14. The third-order valence-electron chi connectivity index (χ3n) is 2.17. The zero-order valence-electron chi connectivity index (χ0n) is 10.8. The average molecular weight is 287 g/mol. The van der Waals surface area contributed by atoms with Gasteiger partial charge in [0.15, 0.2) is 0 Å². The van der Waals surface area contributed by atoms with Gasteiger partial charge in [-0.1, -0.05) is 0 Å². The van der Waals surface area contributed by atoms with Gasteiger partial charge in [0.1, 0.15) is 21.2 Å². The van der Waals surface area contributed by atoms with E-state index < -0.39 is 15.8 Å². The Bertz CT molecular complexity index is 557. The molecule has 1 heterocycles. The van der Waals surface area contributed by atoms with Gasteiger partial charge in [-0.15, -0.1) is 0 Å². The van der Waals surface area contributed by atoms with E-state index in [0.717, 1.165) is 6.26 Å². The van der Waals surface area contributed by atoms with E-state index >= 15 is 0 Å². The van der Waals surface area contributed by atoms with Crippen molar-refractivity contribution in [3.63, 3.8) is 0 Å². The molecule has 7 nitrogen and oxygen atoms in total. The number of nitrogens with zero attached hydrogens (tertiary/aromatic N) is 1. The summed E-state index contributed by atoms with van der Waals surface area (Å²) in [6, 6.07) is 1.44. The molecule has 0 fully saturated rings. The maximum absolute atomic E-state index is 11.7. The third kappa shape index (κ3) is 5.12. The summed E-state index contributed by atoms with van der Waals surface area (Å²) in [5.74, 6) is -0.345. The average Bonchev–Trinajstić information content (AvgIpc) is 2.29. The van der Waals surface area contributed by atoms with Gasteiger partial charge in [0.25, 0.3) is 0 Å². The Hall–Kier alpha value is -1.83. The number of hydrogen-bond donors (Lipinski definition) is 2. The molecule has 0 radical (unpaired) electrons. The summed E-state index contributed by atoms with van der Waals surface area (Å²) < 4.78 is 26.9. The van der Waals surface area contributed by atoms with E-state index in [0.29, 0.717) is 5.69 Å². The molecule has 19 heavy (non-hydrogen) atoms. The highest BCUT2D eigenvalue weighted by molar-refractivity contribution is 7.90. The van der Waals surface area contributed by atoms with Gasteiger partial charge in [0.2, 0.25) is 0 Å². The Balaban J connectivity index is 2.85. The zero-order valence-corrected chi connectivity index (χ0v) is 11.7. The topological polar surface area (TPSA) is 111 Å². The number of rotatable bonds is 6. The van der Waals surface area contributed by atoms with Crippen LogP contribution in [0.3, 0.4) is 0 Å². The zero-order chi connectivity index (χ0) is 14.5. The monoisotopic (exact) mass is 287 g/mol. The van der Waals surface area contributed by atoms with Crippen molar-refractivity contribution in [3.8, 4) is 0 Å². The number of nitrogen functional groups attached to an aromatic ring is 1. The summed E-state index contributed by atoms with van der Waals surface area (Å²) in [6.45, 7) is 2.08. The van der Waals surface area contributed by atoms with E-state index in [1.165, 1.54) is 12.3 Å². The molecule has 0 atom stereocenters. The van der Waals surface area contributed by atoms with Crippen molar-refractivity contribution >= 4 is 27.3 Å². The first kappa shape index (κ1) is 15.2.